The van der Waals surface area contributed by atoms with Crippen molar-refractivity contribution < 1.29 is 14.6 Å². The molecule has 0 aromatic heterocycles. The Labute approximate surface area is 156 Å². The Hall–Kier alpha value is -2.64. The van der Waals surface area contributed by atoms with Crippen LogP contribution >= 0.6 is 11.6 Å². The van der Waals surface area contributed by atoms with Crippen molar-refractivity contribution in [3.05, 3.63) is 63.7 Å². The van der Waals surface area contributed by atoms with E-state index in [9.17, 15) is 14.9 Å². The number of non-ortho nitro benzene ring substituents is 1. The number of amides is 1. The summed E-state index contributed by atoms with van der Waals surface area (Å²) in [7, 11) is 0. The summed E-state index contributed by atoms with van der Waals surface area (Å²) < 4.78 is 0. The largest absolute Gasteiger partial charge is 0.360 e. The molecule has 26 heavy (non-hydrogen) atoms. The number of nitro benzene ring substituents is 1. The van der Waals surface area contributed by atoms with Gasteiger partial charge >= 0.3 is 0 Å². The predicted octanol–water partition coefficient (Wildman–Crippen LogP) is 1.59. The molecule has 2 aromatic rings. The first-order valence-corrected chi connectivity index (χ1v) is 8.78. The molecular weight excluding hydrogens is 356 g/mol. The summed E-state index contributed by atoms with van der Waals surface area (Å²) in [5.41, 5.74) is 1.69. The summed E-state index contributed by atoms with van der Waals surface area (Å²) in [6.45, 7) is 3.64. The number of para-hydroxylation sites is 1. The van der Waals surface area contributed by atoms with E-state index in [2.05, 4.69) is 10.2 Å². The van der Waals surface area contributed by atoms with Crippen molar-refractivity contribution in [2.24, 2.45) is 0 Å². The van der Waals surface area contributed by atoms with E-state index in [0.717, 1.165) is 31.9 Å². The number of carbonyl (C=O) groups is 1. The number of nitro groups is 1. The molecule has 2 N–H and O–H groups in total. The van der Waals surface area contributed by atoms with Gasteiger partial charge in [0.2, 0.25) is 0 Å². The molecule has 0 saturated carbocycles. The van der Waals surface area contributed by atoms with Gasteiger partial charge in [-0.3, -0.25) is 14.9 Å². The topological polar surface area (TPSA) is 79.9 Å². The number of quaternary nitrogens is 1. The zero-order chi connectivity index (χ0) is 18.5. The molecule has 0 unspecified atom stereocenters. The van der Waals surface area contributed by atoms with Crippen LogP contribution in [-0.2, 0) is 4.79 Å². The molecule has 3 rings (SSSR count). The Bertz CT molecular complexity index is 789. The lowest BCUT2D eigenvalue weighted by Crippen LogP contribution is -3.15. The molecule has 1 amide bonds. The van der Waals surface area contributed by atoms with Crippen molar-refractivity contribution in [2.45, 2.75) is 0 Å². The summed E-state index contributed by atoms with van der Waals surface area (Å²) in [5, 5.41) is 14.1. The summed E-state index contributed by atoms with van der Waals surface area (Å²) in [5.74, 6) is -0.0584. The zero-order valence-electron chi connectivity index (χ0n) is 14.2. The Morgan fingerprint density at radius 1 is 1.15 bits per heavy atom. The van der Waals surface area contributed by atoms with Crippen LogP contribution in [-0.4, -0.2) is 43.6 Å². The molecule has 1 saturated heterocycles. The smallest absolute Gasteiger partial charge is 0.279 e. The summed E-state index contributed by atoms with van der Waals surface area (Å²) in [6, 6.07) is 13.8. The van der Waals surface area contributed by atoms with Gasteiger partial charge in [-0.2, -0.15) is 0 Å². The van der Waals surface area contributed by atoms with Gasteiger partial charge in [0.1, 0.15) is 0 Å². The average Bonchev–Trinajstić information content (AvgIpc) is 2.64. The third kappa shape index (κ3) is 4.50. The monoisotopic (exact) mass is 375 g/mol. The molecule has 2 aromatic carbocycles. The maximum Gasteiger partial charge on any atom is 0.279 e. The number of hydrogen-bond acceptors (Lipinski definition) is 4. The average molecular weight is 376 g/mol. The molecular formula is C18H20ClN4O3+. The van der Waals surface area contributed by atoms with Gasteiger partial charge in [0.25, 0.3) is 11.6 Å². The Kier molecular flexibility index (Phi) is 5.70. The van der Waals surface area contributed by atoms with E-state index in [4.69, 9.17) is 11.6 Å². The quantitative estimate of drug-likeness (QED) is 0.614. The molecule has 1 fully saturated rings. The summed E-state index contributed by atoms with van der Waals surface area (Å²) in [6.07, 6.45) is 0. The van der Waals surface area contributed by atoms with Crippen LogP contribution in [0.2, 0.25) is 5.02 Å². The van der Waals surface area contributed by atoms with Crippen LogP contribution in [0.1, 0.15) is 0 Å². The fourth-order valence-electron chi connectivity index (χ4n) is 3.03. The van der Waals surface area contributed by atoms with Crippen molar-refractivity contribution in [2.75, 3.05) is 42.9 Å². The molecule has 136 valence electrons. The van der Waals surface area contributed by atoms with E-state index in [-0.39, 0.29) is 11.6 Å². The van der Waals surface area contributed by atoms with E-state index < -0.39 is 4.92 Å². The minimum absolute atomic E-state index is 0.0584. The molecule has 0 spiro atoms. The molecule has 7 nitrogen and oxygen atoms in total. The van der Waals surface area contributed by atoms with E-state index in [1.54, 1.807) is 24.3 Å². The number of piperazine rings is 1. The van der Waals surface area contributed by atoms with Gasteiger partial charge in [-0.1, -0.05) is 23.7 Å². The highest BCUT2D eigenvalue weighted by Crippen LogP contribution is 2.20. The molecule has 1 aliphatic rings. The van der Waals surface area contributed by atoms with Crippen LogP contribution in [0.3, 0.4) is 0 Å². The van der Waals surface area contributed by atoms with Crippen molar-refractivity contribution in [3.63, 3.8) is 0 Å². The second-order valence-corrected chi connectivity index (χ2v) is 6.62. The fraction of sp³-hybridized carbons (Fsp3) is 0.278. The Morgan fingerprint density at radius 2 is 1.81 bits per heavy atom. The lowest BCUT2D eigenvalue weighted by molar-refractivity contribution is -0.892. The van der Waals surface area contributed by atoms with Gasteiger partial charge in [-0.25, -0.2) is 0 Å². The van der Waals surface area contributed by atoms with Crippen molar-refractivity contribution >= 4 is 34.6 Å². The maximum absolute atomic E-state index is 12.2. The lowest BCUT2D eigenvalue weighted by Gasteiger charge is -2.33. The minimum atomic E-state index is -0.399. The molecule has 0 atom stereocenters. The van der Waals surface area contributed by atoms with Crippen LogP contribution in [0, 0.1) is 10.1 Å². The first-order chi connectivity index (χ1) is 12.5. The number of benzene rings is 2. The van der Waals surface area contributed by atoms with Crippen LogP contribution in [0.15, 0.2) is 48.5 Å². The summed E-state index contributed by atoms with van der Waals surface area (Å²) in [4.78, 5) is 25.9. The second kappa shape index (κ2) is 8.16. The number of hydrogen-bond donors (Lipinski definition) is 2. The molecule has 1 aliphatic heterocycles. The van der Waals surface area contributed by atoms with Gasteiger partial charge in [0.05, 0.1) is 41.8 Å². The van der Waals surface area contributed by atoms with E-state index in [1.165, 1.54) is 17.0 Å². The van der Waals surface area contributed by atoms with E-state index >= 15 is 0 Å². The van der Waals surface area contributed by atoms with Gasteiger partial charge < -0.3 is 15.1 Å². The van der Waals surface area contributed by atoms with Gasteiger partial charge in [0, 0.05) is 17.8 Å². The van der Waals surface area contributed by atoms with Crippen LogP contribution < -0.4 is 15.1 Å². The van der Waals surface area contributed by atoms with Crippen molar-refractivity contribution in [3.8, 4) is 0 Å². The number of halogens is 1. The number of rotatable bonds is 5. The first kappa shape index (κ1) is 18.2. The SMILES string of the molecule is O=C(C[NH+]1CCN(c2ccc([N+](=O)[O-])cc2)CC1)Nc1ccccc1Cl. The van der Waals surface area contributed by atoms with Crippen LogP contribution in [0.5, 0.6) is 0 Å². The summed E-state index contributed by atoms with van der Waals surface area (Å²) >= 11 is 6.06. The second-order valence-electron chi connectivity index (χ2n) is 6.22. The third-order valence-corrected chi connectivity index (χ3v) is 4.78. The van der Waals surface area contributed by atoms with E-state index in [1.807, 2.05) is 12.1 Å². The molecule has 8 heteroatoms. The minimum Gasteiger partial charge on any atom is -0.360 e. The first-order valence-electron chi connectivity index (χ1n) is 8.40. The molecule has 0 radical (unpaired) electrons. The molecule has 1 heterocycles. The standard InChI is InChI=1S/C18H19ClN4O3/c19-16-3-1-2-4-17(16)20-18(24)13-21-9-11-22(12-10-21)14-5-7-15(8-6-14)23(25)26/h1-8H,9-13H2,(H,20,24)/p+1. The van der Waals surface area contributed by atoms with Gasteiger partial charge in [-0.05, 0) is 24.3 Å². The highest BCUT2D eigenvalue weighted by molar-refractivity contribution is 6.33. The fourth-order valence-corrected chi connectivity index (χ4v) is 3.21. The number of nitrogens with zero attached hydrogens (tertiary/aromatic N) is 2. The lowest BCUT2D eigenvalue weighted by atomic mass is 10.2. The van der Waals surface area contributed by atoms with Gasteiger partial charge in [-0.15, -0.1) is 0 Å². The Balaban J connectivity index is 1.49. The predicted molar refractivity (Wildman–Crippen MR) is 101 cm³/mol. The number of carbonyl (C=O) groups excluding carboxylic acids is 1. The van der Waals surface area contributed by atoms with Crippen LogP contribution in [0.4, 0.5) is 17.1 Å². The maximum atomic E-state index is 12.2. The number of nitrogens with one attached hydrogen (secondary N) is 2. The van der Waals surface area contributed by atoms with Crippen LogP contribution in [0.25, 0.3) is 0 Å². The highest BCUT2D eigenvalue weighted by Gasteiger charge is 2.23. The Morgan fingerprint density at radius 3 is 2.42 bits per heavy atom. The third-order valence-electron chi connectivity index (χ3n) is 4.45. The number of anilines is 2. The molecule has 0 bridgehead atoms. The normalized spacial score (nSPS) is 14.9. The zero-order valence-corrected chi connectivity index (χ0v) is 14.9. The molecule has 0 aliphatic carbocycles. The van der Waals surface area contributed by atoms with Crippen molar-refractivity contribution in [1.82, 2.24) is 0 Å². The van der Waals surface area contributed by atoms with E-state index in [0.29, 0.717) is 17.3 Å². The van der Waals surface area contributed by atoms with Gasteiger partial charge in [0.15, 0.2) is 6.54 Å². The highest BCUT2D eigenvalue weighted by atomic mass is 35.5. The van der Waals surface area contributed by atoms with Crippen molar-refractivity contribution in [1.29, 1.82) is 0 Å².